The molecule has 2 rings (SSSR count). The molecule has 0 amide bonds. The number of ether oxygens (including phenoxy) is 2. The minimum Gasteiger partial charge on any atom is -0.464 e. The topological polar surface area (TPSA) is 88.0 Å². The molecule has 0 aromatic rings. The zero-order chi connectivity index (χ0) is 12.5. The van der Waals surface area contributed by atoms with Crippen LogP contribution in [-0.4, -0.2) is 59.8 Å². The van der Waals surface area contributed by atoms with E-state index in [0.717, 1.165) is 0 Å². The zero-order valence-electron chi connectivity index (χ0n) is 9.89. The number of aliphatic hydroxyl groups excluding tert-OH is 1. The first kappa shape index (κ1) is 12.8. The summed E-state index contributed by atoms with van der Waals surface area (Å²) in [6.45, 7) is 2.85. The third-order valence-corrected chi connectivity index (χ3v) is 3.33. The number of piperidine rings is 1. The number of carbonyl (C=O) groups is 1. The van der Waals surface area contributed by atoms with Crippen LogP contribution in [0.15, 0.2) is 0 Å². The summed E-state index contributed by atoms with van der Waals surface area (Å²) in [5.74, 6) is -0.754. The van der Waals surface area contributed by atoms with E-state index in [-0.39, 0.29) is 18.7 Å². The third-order valence-electron chi connectivity index (χ3n) is 3.33. The van der Waals surface area contributed by atoms with Gasteiger partial charge >= 0.3 is 5.97 Å². The molecule has 2 aliphatic rings. The number of nitrogens with one attached hydrogen (secondary N) is 1. The SMILES string of the molecule is CCOC(=O)C(O)C1(O)CC2COCC(C1)N2. The second kappa shape index (κ2) is 4.89. The monoisotopic (exact) mass is 245 g/mol. The van der Waals surface area contributed by atoms with E-state index in [2.05, 4.69) is 5.32 Å². The second-order valence-electron chi connectivity index (χ2n) is 4.76. The van der Waals surface area contributed by atoms with Crippen molar-refractivity contribution in [3.05, 3.63) is 0 Å². The Hall–Kier alpha value is -0.690. The van der Waals surface area contributed by atoms with Gasteiger partial charge < -0.3 is 25.0 Å². The van der Waals surface area contributed by atoms with Crippen molar-refractivity contribution in [3.8, 4) is 0 Å². The molecule has 17 heavy (non-hydrogen) atoms. The van der Waals surface area contributed by atoms with Crippen molar-refractivity contribution in [2.75, 3.05) is 19.8 Å². The van der Waals surface area contributed by atoms with Gasteiger partial charge in [-0.1, -0.05) is 0 Å². The van der Waals surface area contributed by atoms with E-state index >= 15 is 0 Å². The van der Waals surface area contributed by atoms with Gasteiger partial charge in [-0.15, -0.1) is 0 Å². The molecule has 0 aromatic heterocycles. The zero-order valence-corrected chi connectivity index (χ0v) is 9.89. The van der Waals surface area contributed by atoms with Crippen LogP contribution in [0.4, 0.5) is 0 Å². The highest BCUT2D eigenvalue weighted by Crippen LogP contribution is 2.31. The Morgan fingerprint density at radius 3 is 2.65 bits per heavy atom. The highest BCUT2D eigenvalue weighted by molar-refractivity contribution is 5.76. The molecule has 3 unspecified atom stereocenters. The highest BCUT2D eigenvalue weighted by atomic mass is 16.5. The van der Waals surface area contributed by atoms with E-state index in [0.29, 0.717) is 26.1 Å². The van der Waals surface area contributed by atoms with Gasteiger partial charge in [-0.2, -0.15) is 0 Å². The van der Waals surface area contributed by atoms with Gasteiger partial charge in [0.1, 0.15) is 5.60 Å². The summed E-state index contributed by atoms with van der Waals surface area (Å²) in [5.41, 5.74) is -1.41. The molecule has 2 heterocycles. The fraction of sp³-hybridized carbons (Fsp3) is 0.909. The van der Waals surface area contributed by atoms with Crippen molar-refractivity contribution in [1.29, 1.82) is 0 Å². The van der Waals surface area contributed by atoms with Gasteiger partial charge in [0.05, 0.1) is 19.8 Å². The summed E-state index contributed by atoms with van der Waals surface area (Å²) >= 11 is 0. The Balaban J connectivity index is 2.05. The first-order valence-corrected chi connectivity index (χ1v) is 5.96. The molecular weight excluding hydrogens is 226 g/mol. The number of hydrogen-bond donors (Lipinski definition) is 3. The van der Waals surface area contributed by atoms with Crippen molar-refractivity contribution in [2.45, 2.75) is 43.6 Å². The summed E-state index contributed by atoms with van der Waals surface area (Å²) in [5, 5.41) is 23.6. The smallest absolute Gasteiger partial charge is 0.338 e. The summed E-state index contributed by atoms with van der Waals surface area (Å²) < 4.78 is 10.1. The van der Waals surface area contributed by atoms with Crippen LogP contribution in [0, 0.1) is 0 Å². The van der Waals surface area contributed by atoms with Gasteiger partial charge in [0.25, 0.3) is 0 Å². The average Bonchev–Trinajstić information content (AvgIpc) is 2.27. The number of esters is 1. The summed E-state index contributed by atoms with van der Waals surface area (Å²) in [4.78, 5) is 11.5. The lowest BCUT2D eigenvalue weighted by Gasteiger charge is -2.46. The first-order chi connectivity index (χ1) is 8.05. The number of rotatable bonds is 3. The fourth-order valence-corrected chi connectivity index (χ4v) is 2.62. The third kappa shape index (κ3) is 2.60. The molecule has 6 nitrogen and oxygen atoms in total. The summed E-state index contributed by atoms with van der Waals surface area (Å²) in [7, 11) is 0. The Bertz CT molecular complexity index is 284. The second-order valence-corrected chi connectivity index (χ2v) is 4.76. The molecule has 0 saturated carbocycles. The van der Waals surface area contributed by atoms with Crippen LogP contribution in [0.5, 0.6) is 0 Å². The molecule has 0 aliphatic carbocycles. The van der Waals surface area contributed by atoms with Crippen LogP contribution >= 0.6 is 0 Å². The minimum atomic E-state index is -1.48. The van der Waals surface area contributed by atoms with Crippen molar-refractivity contribution >= 4 is 5.97 Å². The molecule has 2 fully saturated rings. The van der Waals surface area contributed by atoms with Crippen molar-refractivity contribution < 1.29 is 24.5 Å². The quantitative estimate of drug-likeness (QED) is 0.541. The van der Waals surface area contributed by atoms with E-state index in [4.69, 9.17) is 9.47 Å². The van der Waals surface area contributed by atoms with Gasteiger partial charge in [-0.05, 0) is 19.8 Å². The van der Waals surface area contributed by atoms with E-state index in [9.17, 15) is 15.0 Å². The molecule has 0 spiro atoms. The number of carbonyl (C=O) groups excluding carboxylic acids is 1. The van der Waals surface area contributed by atoms with E-state index in [1.165, 1.54) is 0 Å². The Labute approximate surface area is 99.9 Å². The summed E-state index contributed by atoms with van der Waals surface area (Å²) in [6.07, 6.45) is -0.889. The van der Waals surface area contributed by atoms with Crippen LogP contribution in [0.25, 0.3) is 0 Å². The van der Waals surface area contributed by atoms with Gasteiger partial charge in [-0.25, -0.2) is 4.79 Å². The van der Waals surface area contributed by atoms with Gasteiger partial charge in [-0.3, -0.25) is 0 Å². The number of hydrogen-bond acceptors (Lipinski definition) is 6. The lowest BCUT2D eigenvalue weighted by atomic mass is 9.79. The molecule has 0 radical (unpaired) electrons. The molecule has 2 bridgehead atoms. The van der Waals surface area contributed by atoms with Crippen molar-refractivity contribution in [3.63, 3.8) is 0 Å². The standard InChI is InChI=1S/C11H19NO5/c1-2-17-10(14)9(13)11(15)3-7-5-16-6-8(4-11)12-7/h7-9,12-13,15H,2-6H2,1H3. The average molecular weight is 245 g/mol. The largest absolute Gasteiger partial charge is 0.464 e. The predicted octanol–water partition coefficient (Wildman–Crippen LogP) is -1.21. The van der Waals surface area contributed by atoms with Crippen LogP contribution in [0.1, 0.15) is 19.8 Å². The van der Waals surface area contributed by atoms with Gasteiger partial charge in [0, 0.05) is 12.1 Å². The van der Waals surface area contributed by atoms with E-state index in [1.54, 1.807) is 6.92 Å². The van der Waals surface area contributed by atoms with Gasteiger partial charge in [0.15, 0.2) is 6.10 Å². The van der Waals surface area contributed by atoms with Gasteiger partial charge in [0.2, 0.25) is 0 Å². The van der Waals surface area contributed by atoms with Crippen LogP contribution in [-0.2, 0) is 14.3 Å². The number of aliphatic hydroxyl groups is 2. The predicted molar refractivity (Wildman–Crippen MR) is 58.4 cm³/mol. The van der Waals surface area contributed by atoms with E-state index in [1.807, 2.05) is 0 Å². The molecule has 6 heteroatoms. The molecule has 3 atom stereocenters. The van der Waals surface area contributed by atoms with E-state index < -0.39 is 17.7 Å². The highest BCUT2D eigenvalue weighted by Gasteiger charge is 2.48. The minimum absolute atomic E-state index is 0.0171. The molecule has 98 valence electrons. The maximum Gasteiger partial charge on any atom is 0.338 e. The molecule has 3 N–H and O–H groups in total. The maximum atomic E-state index is 11.5. The number of morpholine rings is 1. The fourth-order valence-electron chi connectivity index (χ4n) is 2.62. The van der Waals surface area contributed by atoms with Crippen molar-refractivity contribution in [1.82, 2.24) is 5.32 Å². The lowest BCUT2D eigenvalue weighted by Crippen LogP contribution is -2.64. The molecular formula is C11H19NO5. The van der Waals surface area contributed by atoms with Crippen LogP contribution < -0.4 is 5.32 Å². The molecule has 2 aliphatic heterocycles. The molecule has 2 saturated heterocycles. The van der Waals surface area contributed by atoms with Crippen LogP contribution in [0.3, 0.4) is 0 Å². The van der Waals surface area contributed by atoms with Crippen molar-refractivity contribution in [2.24, 2.45) is 0 Å². The Morgan fingerprint density at radius 1 is 1.53 bits per heavy atom. The van der Waals surface area contributed by atoms with Crippen LogP contribution in [0.2, 0.25) is 0 Å². The number of fused-ring (bicyclic) bond motifs is 2. The lowest BCUT2D eigenvalue weighted by molar-refractivity contribution is -0.180. The summed E-state index contributed by atoms with van der Waals surface area (Å²) in [6, 6.07) is -0.0341. The Morgan fingerprint density at radius 2 is 2.12 bits per heavy atom. The first-order valence-electron chi connectivity index (χ1n) is 5.96. The normalized spacial score (nSPS) is 38.5. The Kier molecular flexibility index (Phi) is 3.67. The molecule has 0 aromatic carbocycles. The maximum absolute atomic E-state index is 11.5.